The van der Waals surface area contributed by atoms with Crippen LogP contribution in [-0.4, -0.2) is 39.2 Å². The lowest BCUT2D eigenvalue weighted by atomic mass is 9.92. The third-order valence-corrected chi connectivity index (χ3v) is 5.20. The topological polar surface area (TPSA) is 79.3 Å². The molecule has 0 saturated heterocycles. The summed E-state index contributed by atoms with van der Waals surface area (Å²) in [4.78, 5) is 27.2. The first-order chi connectivity index (χ1) is 14.2. The maximum Gasteiger partial charge on any atom is 0.322 e. The molecule has 0 aliphatic rings. The summed E-state index contributed by atoms with van der Waals surface area (Å²) in [5, 5.41) is 10.5. The number of halogens is 1. The lowest BCUT2D eigenvalue weighted by molar-refractivity contribution is -0.117. The molecule has 0 unspecified atom stereocenters. The number of carbonyl (C=O) groups is 2. The molecule has 7 nitrogen and oxygen atoms in total. The monoisotopic (exact) mass is 491 g/mol. The molecule has 3 amide bonds. The molecule has 1 aromatic heterocycles. The number of carbonyl (C=O) groups excluding carboxylic acids is 2. The summed E-state index contributed by atoms with van der Waals surface area (Å²) in [6, 6.07) is 8.73. The van der Waals surface area contributed by atoms with Crippen LogP contribution in [0.25, 0.3) is 0 Å². The van der Waals surface area contributed by atoms with Crippen LogP contribution >= 0.6 is 15.9 Å². The number of rotatable bonds is 5. The molecular formula is C23H34BrN5O2. The highest BCUT2D eigenvalue weighted by molar-refractivity contribution is 9.10. The van der Waals surface area contributed by atoms with Crippen LogP contribution in [0.15, 0.2) is 34.8 Å². The molecule has 1 aromatic carbocycles. The maximum atomic E-state index is 12.9. The van der Waals surface area contributed by atoms with Crippen LogP contribution < -0.4 is 10.6 Å². The second-order valence-electron chi connectivity index (χ2n) is 9.95. The Morgan fingerprint density at radius 2 is 1.65 bits per heavy atom. The van der Waals surface area contributed by atoms with Gasteiger partial charge >= 0.3 is 6.03 Å². The van der Waals surface area contributed by atoms with Gasteiger partial charge in [-0.25, -0.2) is 9.48 Å². The smallest absolute Gasteiger partial charge is 0.313 e. The number of anilines is 2. The van der Waals surface area contributed by atoms with Gasteiger partial charge in [0, 0.05) is 27.7 Å². The molecule has 0 spiro atoms. The van der Waals surface area contributed by atoms with Gasteiger partial charge in [0.1, 0.15) is 12.4 Å². The van der Waals surface area contributed by atoms with Crippen LogP contribution in [0.4, 0.5) is 16.3 Å². The van der Waals surface area contributed by atoms with E-state index in [1.165, 1.54) is 4.90 Å². The molecular weight excluding hydrogens is 458 g/mol. The zero-order valence-corrected chi connectivity index (χ0v) is 21.3. The first kappa shape index (κ1) is 24.9. The average Bonchev–Trinajstić information content (AvgIpc) is 3.06. The molecule has 2 N–H and O–H groups in total. The van der Waals surface area contributed by atoms with Crippen molar-refractivity contribution in [3.63, 3.8) is 0 Å². The van der Waals surface area contributed by atoms with E-state index in [-0.39, 0.29) is 35.5 Å². The maximum absolute atomic E-state index is 12.9. The van der Waals surface area contributed by atoms with Gasteiger partial charge in [0.2, 0.25) is 5.91 Å². The van der Waals surface area contributed by atoms with E-state index < -0.39 is 0 Å². The fourth-order valence-electron chi connectivity index (χ4n) is 2.90. The molecule has 2 rings (SSSR count). The first-order valence-electron chi connectivity index (χ1n) is 10.4. The Labute approximate surface area is 193 Å². The fraction of sp³-hybridized carbons (Fsp3) is 0.522. The van der Waals surface area contributed by atoms with Crippen LogP contribution in [-0.2, 0) is 15.7 Å². The van der Waals surface area contributed by atoms with Gasteiger partial charge in [-0.05, 0) is 58.9 Å². The van der Waals surface area contributed by atoms with Gasteiger partial charge < -0.3 is 15.5 Å². The van der Waals surface area contributed by atoms with Gasteiger partial charge in [0.05, 0.1) is 11.2 Å². The molecule has 0 radical (unpaired) electrons. The van der Waals surface area contributed by atoms with E-state index in [4.69, 9.17) is 5.10 Å². The number of benzene rings is 1. The van der Waals surface area contributed by atoms with Gasteiger partial charge in [-0.3, -0.25) is 4.79 Å². The zero-order valence-electron chi connectivity index (χ0n) is 19.7. The van der Waals surface area contributed by atoms with E-state index in [1.807, 2.05) is 57.5 Å². The molecule has 0 saturated carbocycles. The molecule has 0 aliphatic carbocycles. The van der Waals surface area contributed by atoms with Gasteiger partial charge in [-0.15, -0.1) is 0 Å². The number of aromatic nitrogens is 2. The standard InChI is InChI=1S/C23H34BrN5O2/c1-15(2)28(21(31)25-17-11-9-16(24)10-12-17)14-20(30)26-19-13-18(22(3,4)5)27-29(19)23(6,7)8/h9-13,15H,14H2,1-8H3,(H,25,31)(H,26,30). The molecule has 1 heterocycles. The highest BCUT2D eigenvalue weighted by Crippen LogP contribution is 2.28. The summed E-state index contributed by atoms with van der Waals surface area (Å²) >= 11 is 3.38. The van der Waals surface area contributed by atoms with Gasteiger partial charge in [-0.2, -0.15) is 5.10 Å². The minimum atomic E-state index is -0.327. The van der Waals surface area contributed by atoms with E-state index >= 15 is 0 Å². The van der Waals surface area contributed by atoms with Crippen LogP contribution in [0.5, 0.6) is 0 Å². The van der Waals surface area contributed by atoms with E-state index in [1.54, 1.807) is 12.1 Å². The number of hydrogen-bond acceptors (Lipinski definition) is 3. The van der Waals surface area contributed by atoms with Crippen molar-refractivity contribution in [1.82, 2.24) is 14.7 Å². The molecule has 170 valence electrons. The molecule has 0 atom stereocenters. The van der Waals surface area contributed by atoms with Crippen molar-refractivity contribution >= 4 is 39.4 Å². The lowest BCUT2D eigenvalue weighted by Gasteiger charge is -2.27. The van der Waals surface area contributed by atoms with E-state index in [2.05, 4.69) is 47.3 Å². The van der Waals surface area contributed by atoms with Crippen LogP contribution in [0.1, 0.15) is 61.1 Å². The van der Waals surface area contributed by atoms with Gasteiger partial charge in [-0.1, -0.05) is 36.7 Å². The van der Waals surface area contributed by atoms with Crippen molar-refractivity contribution < 1.29 is 9.59 Å². The lowest BCUT2D eigenvalue weighted by Crippen LogP contribution is -2.45. The van der Waals surface area contributed by atoms with Crippen molar-refractivity contribution in [3.05, 3.63) is 40.5 Å². The second kappa shape index (κ2) is 9.42. The Hall–Kier alpha value is -2.35. The summed E-state index contributed by atoms with van der Waals surface area (Å²) in [6.45, 7) is 16.1. The summed E-state index contributed by atoms with van der Waals surface area (Å²) < 4.78 is 2.75. The third kappa shape index (κ3) is 6.82. The van der Waals surface area contributed by atoms with Gasteiger partial charge in [0.25, 0.3) is 0 Å². The summed E-state index contributed by atoms with van der Waals surface area (Å²) in [6.07, 6.45) is 0. The Balaban J connectivity index is 2.17. The minimum Gasteiger partial charge on any atom is -0.313 e. The Morgan fingerprint density at radius 1 is 1.06 bits per heavy atom. The normalized spacial score (nSPS) is 12.1. The van der Waals surface area contributed by atoms with Crippen LogP contribution in [0.2, 0.25) is 0 Å². The van der Waals surface area contributed by atoms with Crippen molar-refractivity contribution in [3.8, 4) is 0 Å². The third-order valence-electron chi connectivity index (χ3n) is 4.67. The minimum absolute atomic E-state index is 0.0692. The molecule has 2 aromatic rings. The number of urea groups is 1. The van der Waals surface area contributed by atoms with Crippen LogP contribution in [0.3, 0.4) is 0 Å². The fourth-order valence-corrected chi connectivity index (χ4v) is 3.17. The first-order valence-corrected chi connectivity index (χ1v) is 11.2. The summed E-state index contributed by atoms with van der Waals surface area (Å²) in [7, 11) is 0. The van der Waals surface area contributed by atoms with Crippen LogP contribution in [0, 0.1) is 0 Å². The van der Waals surface area contributed by atoms with Crippen molar-refractivity contribution in [2.45, 2.75) is 72.4 Å². The molecule has 8 heteroatoms. The van der Waals surface area contributed by atoms with E-state index in [9.17, 15) is 9.59 Å². The predicted molar refractivity (Wildman–Crippen MR) is 130 cm³/mol. The largest absolute Gasteiger partial charge is 0.322 e. The quantitative estimate of drug-likeness (QED) is 0.572. The highest BCUT2D eigenvalue weighted by Gasteiger charge is 2.27. The highest BCUT2D eigenvalue weighted by atomic mass is 79.9. The molecule has 0 fully saturated rings. The number of nitrogens with zero attached hydrogens (tertiary/aromatic N) is 3. The molecule has 0 aliphatic heterocycles. The number of hydrogen-bond donors (Lipinski definition) is 2. The van der Waals surface area contributed by atoms with Crippen molar-refractivity contribution in [1.29, 1.82) is 0 Å². The van der Waals surface area contributed by atoms with Crippen molar-refractivity contribution in [2.24, 2.45) is 0 Å². The van der Waals surface area contributed by atoms with Gasteiger partial charge in [0.15, 0.2) is 0 Å². The average molecular weight is 492 g/mol. The van der Waals surface area contributed by atoms with E-state index in [0.717, 1.165) is 10.2 Å². The molecule has 31 heavy (non-hydrogen) atoms. The summed E-state index contributed by atoms with van der Waals surface area (Å²) in [5.41, 5.74) is 1.11. The number of amides is 3. The predicted octanol–water partition coefficient (Wildman–Crippen LogP) is 5.58. The second-order valence-corrected chi connectivity index (χ2v) is 10.9. The van der Waals surface area contributed by atoms with E-state index in [0.29, 0.717) is 11.5 Å². The SMILES string of the molecule is CC(C)N(CC(=O)Nc1cc(C(C)(C)C)nn1C(C)(C)C)C(=O)Nc1ccc(Br)cc1. The zero-order chi connectivity index (χ0) is 23.6. The summed E-state index contributed by atoms with van der Waals surface area (Å²) in [5.74, 6) is 0.352. The van der Waals surface area contributed by atoms with Crippen molar-refractivity contribution in [2.75, 3.05) is 17.2 Å². The Kier molecular flexibility index (Phi) is 7.57. The Morgan fingerprint density at radius 3 is 2.13 bits per heavy atom. The Bertz CT molecular complexity index is 921. The molecule has 0 bridgehead atoms. The number of nitrogens with one attached hydrogen (secondary N) is 2.